The molecule has 3 unspecified atom stereocenters. The van der Waals surface area contributed by atoms with Crippen LogP contribution in [-0.2, 0) is 9.59 Å². The number of benzene rings is 1. The second-order valence-electron chi connectivity index (χ2n) is 7.64. The first-order chi connectivity index (χ1) is 12.0. The number of fused-ring (bicyclic) bond motifs is 2. The third kappa shape index (κ3) is 3.41. The third-order valence-electron chi connectivity index (χ3n) is 5.83. The first kappa shape index (κ1) is 17.2. The van der Waals surface area contributed by atoms with E-state index in [-0.39, 0.29) is 34.7 Å². The van der Waals surface area contributed by atoms with Crippen LogP contribution in [0.1, 0.15) is 57.1 Å². The average Bonchev–Trinajstić information content (AvgIpc) is 3.37. The predicted molar refractivity (Wildman–Crippen MR) is 96.8 cm³/mol. The van der Waals surface area contributed by atoms with E-state index in [1.165, 1.54) is 17.8 Å². The van der Waals surface area contributed by atoms with Crippen molar-refractivity contribution >= 4 is 22.7 Å². The minimum absolute atomic E-state index is 0.105. The molecular formula is C20H24FNO2S. The zero-order valence-electron chi connectivity index (χ0n) is 14.5. The Hall–Kier alpha value is -1.20. The number of nitrogens with zero attached hydrogens (tertiary/aromatic N) is 1. The van der Waals surface area contributed by atoms with Crippen molar-refractivity contribution in [3.63, 3.8) is 0 Å². The summed E-state index contributed by atoms with van der Waals surface area (Å²) in [6.07, 6.45) is 5.81. The van der Waals surface area contributed by atoms with E-state index in [1.807, 2.05) is 6.07 Å². The van der Waals surface area contributed by atoms with Crippen LogP contribution in [0.5, 0.6) is 0 Å². The summed E-state index contributed by atoms with van der Waals surface area (Å²) >= 11 is 1.44. The van der Waals surface area contributed by atoms with Crippen molar-refractivity contribution in [2.24, 2.45) is 5.92 Å². The summed E-state index contributed by atoms with van der Waals surface area (Å²) in [4.78, 5) is 26.8. The molecule has 2 aliphatic heterocycles. The topological polar surface area (TPSA) is 37.4 Å². The number of Topliss-reactive ketones (excluding diaryl/α,β-unsaturated/α-hetero) is 1. The number of rotatable bonds is 5. The fourth-order valence-electron chi connectivity index (χ4n) is 4.66. The number of halogens is 1. The van der Waals surface area contributed by atoms with Crippen LogP contribution in [0.3, 0.4) is 0 Å². The molecule has 1 aliphatic carbocycles. The second-order valence-corrected chi connectivity index (χ2v) is 9.11. The Morgan fingerprint density at radius 2 is 1.76 bits per heavy atom. The molecule has 1 aromatic rings. The van der Waals surface area contributed by atoms with Crippen LogP contribution < -0.4 is 0 Å². The molecule has 2 bridgehead atoms. The summed E-state index contributed by atoms with van der Waals surface area (Å²) in [5, 5.41) is 0.501. The van der Waals surface area contributed by atoms with Gasteiger partial charge in [-0.25, -0.2) is 4.39 Å². The minimum Gasteiger partial charge on any atom is -0.297 e. The van der Waals surface area contributed by atoms with Gasteiger partial charge in [-0.3, -0.25) is 14.5 Å². The Morgan fingerprint density at radius 3 is 2.32 bits per heavy atom. The molecule has 2 saturated heterocycles. The van der Waals surface area contributed by atoms with E-state index in [9.17, 15) is 14.0 Å². The molecule has 3 nitrogen and oxygen atoms in total. The van der Waals surface area contributed by atoms with Crippen LogP contribution in [-0.4, -0.2) is 33.1 Å². The largest absolute Gasteiger partial charge is 0.297 e. The van der Waals surface area contributed by atoms with E-state index >= 15 is 0 Å². The molecular weight excluding hydrogens is 337 g/mol. The summed E-state index contributed by atoms with van der Waals surface area (Å²) in [6.45, 7) is 1.62. The lowest BCUT2D eigenvalue weighted by Gasteiger charge is -2.43. The Morgan fingerprint density at radius 1 is 1.12 bits per heavy atom. The van der Waals surface area contributed by atoms with Gasteiger partial charge in [-0.15, -0.1) is 0 Å². The quantitative estimate of drug-likeness (QED) is 0.791. The maximum absolute atomic E-state index is 14.5. The molecule has 0 N–H and O–H groups in total. The number of hydrogen-bond acceptors (Lipinski definition) is 4. The van der Waals surface area contributed by atoms with Gasteiger partial charge in [0.2, 0.25) is 0 Å². The number of thioether (sulfide) groups is 1. The lowest BCUT2D eigenvalue weighted by Crippen LogP contribution is -2.48. The molecule has 3 fully saturated rings. The molecule has 0 aromatic heterocycles. The lowest BCUT2D eigenvalue weighted by molar-refractivity contribution is -0.128. The first-order valence-electron chi connectivity index (χ1n) is 9.27. The van der Waals surface area contributed by atoms with Crippen LogP contribution in [0.2, 0.25) is 0 Å². The van der Waals surface area contributed by atoms with E-state index in [1.54, 1.807) is 19.1 Å². The minimum atomic E-state index is -0.450. The van der Waals surface area contributed by atoms with Gasteiger partial charge in [0, 0.05) is 35.7 Å². The number of hydrogen-bond donors (Lipinski definition) is 0. The Bertz CT molecular complexity index is 676. The average molecular weight is 361 g/mol. The van der Waals surface area contributed by atoms with Gasteiger partial charge in [0.15, 0.2) is 10.9 Å². The van der Waals surface area contributed by atoms with E-state index in [0.29, 0.717) is 10.8 Å². The summed E-state index contributed by atoms with van der Waals surface area (Å²) in [5.74, 6) is 0.0223. The second kappa shape index (κ2) is 6.84. The summed E-state index contributed by atoms with van der Waals surface area (Å²) < 4.78 is 14.5. The van der Waals surface area contributed by atoms with Crippen LogP contribution in [0.25, 0.3) is 0 Å². The standard InChI is InChI=1S/C20H24FNO2S/c1-12(23)25-16-10-14-8-9-15(11-16)22(14)19(20(24)13-6-7-13)17-4-2-3-5-18(17)21/h2-5,13-16,19H,6-11H2,1H3. The van der Waals surface area contributed by atoms with Gasteiger partial charge in [-0.1, -0.05) is 30.0 Å². The number of carbonyl (C=O) groups excluding carboxylic acids is 2. The number of piperidine rings is 1. The van der Waals surface area contributed by atoms with Gasteiger partial charge >= 0.3 is 0 Å². The smallest absolute Gasteiger partial charge is 0.186 e. The highest BCUT2D eigenvalue weighted by molar-refractivity contribution is 8.14. The highest BCUT2D eigenvalue weighted by Crippen LogP contribution is 2.47. The lowest BCUT2D eigenvalue weighted by atomic mass is 9.92. The van der Waals surface area contributed by atoms with Crippen LogP contribution in [0.15, 0.2) is 24.3 Å². The zero-order chi connectivity index (χ0) is 17.6. The van der Waals surface area contributed by atoms with Crippen molar-refractivity contribution < 1.29 is 14.0 Å². The van der Waals surface area contributed by atoms with Crippen molar-refractivity contribution in [3.8, 4) is 0 Å². The Balaban J connectivity index is 1.63. The highest BCUT2D eigenvalue weighted by atomic mass is 32.2. The maximum atomic E-state index is 14.5. The van der Waals surface area contributed by atoms with Gasteiger partial charge in [0.25, 0.3) is 0 Å². The van der Waals surface area contributed by atoms with E-state index < -0.39 is 6.04 Å². The van der Waals surface area contributed by atoms with Crippen molar-refractivity contribution in [1.29, 1.82) is 0 Å². The molecule has 25 heavy (non-hydrogen) atoms. The Labute approximate surface area is 152 Å². The van der Waals surface area contributed by atoms with Crippen LogP contribution >= 0.6 is 11.8 Å². The number of carbonyl (C=O) groups is 2. The maximum Gasteiger partial charge on any atom is 0.186 e. The molecule has 134 valence electrons. The van der Waals surface area contributed by atoms with E-state index in [2.05, 4.69) is 4.90 Å². The van der Waals surface area contributed by atoms with Crippen molar-refractivity contribution in [2.75, 3.05) is 0 Å². The number of ketones is 1. The molecule has 1 saturated carbocycles. The molecule has 1 aromatic carbocycles. The van der Waals surface area contributed by atoms with Crippen molar-refractivity contribution in [2.45, 2.75) is 68.8 Å². The third-order valence-corrected chi connectivity index (χ3v) is 6.88. The molecule has 3 aliphatic rings. The fourth-order valence-corrected chi connectivity index (χ4v) is 5.77. The van der Waals surface area contributed by atoms with Gasteiger partial charge in [-0.05, 0) is 44.6 Å². The van der Waals surface area contributed by atoms with Gasteiger partial charge in [0.05, 0.1) is 6.04 Å². The summed E-state index contributed by atoms with van der Waals surface area (Å²) in [6, 6.07) is 6.85. The summed E-state index contributed by atoms with van der Waals surface area (Å²) in [5.41, 5.74) is 0.536. The summed E-state index contributed by atoms with van der Waals surface area (Å²) in [7, 11) is 0. The van der Waals surface area contributed by atoms with E-state index in [0.717, 1.165) is 38.5 Å². The monoisotopic (exact) mass is 361 g/mol. The van der Waals surface area contributed by atoms with Crippen molar-refractivity contribution in [1.82, 2.24) is 4.90 Å². The Kier molecular flexibility index (Phi) is 4.71. The fraction of sp³-hybridized carbons (Fsp3) is 0.600. The molecule has 0 amide bonds. The predicted octanol–water partition coefficient (Wildman–Crippen LogP) is 4.12. The van der Waals surface area contributed by atoms with Gasteiger partial charge in [-0.2, -0.15) is 0 Å². The van der Waals surface area contributed by atoms with E-state index in [4.69, 9.17) is 0 Å². The molecule has 0 radical (unpaired) electrons. The SMILES string of the molecule is CC(=O)SC1CC2CCC(C1)N2C(C(=O)C1CC1)c1ccccc1F. The highest BCUT2D eigenvalue weighted by Gasteiger charge is 2.49. The zero-order valence-corrected chi connectivity index (χ0v) is 15.3. The molecule has 0 spiro atoms. The van der Waals surface area contributed by atoms with Gasteiger partial charge in [0.1, 0.15) is 5.82 Å². The van der Waals surface area contributed by atoms with Crippen LogP contribution in [0, 0.1) is 11.7 Å². The normalized spacial score (nSPS) is 30.2. The molecule has 2 heterocycles. The molecule has 4 rings (SSSR count). The molecule has 3 atom stereocenters. The van der Waals surface area contributed by atoms with Crippen LogP contribution in [0.4, 0.5) is 4.39 Å². The first-order valence-corrected chi connectivity index (χ1v) is 10.2. The molecule has 5 heteroatoms. The van der Waals surface area contributed by atoms with Crippen molar-refractivity contribution in [3.05, 3.63) is 35.6 Å². The van der Waals surface area contributed by atoms with Gasteiger partial charge < -0.3 is 0 Å².